The van der Waals surface area contributed by atoms with Gasteiger partial charge in [-0.25, -0.2) is 4.98 Å². The van der Waals surface area contributed by atoms with Gasteiger partial charge in [-0.3, -0.25) is 4.79 Å². The predicted molar refractivity (Wildman–Crippen MR) is 97.6 cm³/mol. The van der Waals surface area contributed by atoms with E-state index in [1.165, 1.54) is 24.2 Å². The van der Waals surface area contributed by atoms with Gasteiger partial charge in [0.25, 0.3) is 5.91 Å². The van der Waals surface area contributed by atoms with Crippen LogP contribution in [0.2, 0.25) is 5.02 Å². The number of nitrogens with zero attached hydrogens (tertiary/aromatic N) is 2. The highest BCUT2D eigenvalue weighted by Gasteiger charge is 2.36. The van der Waals surface area contributed by atoms with E-state index in [2.05, 4.69) is 10.3 Å². The molecule has 2 saturated heterocycles. The largest absolute Gasteiger partial charge is 0.337 e. The maximum absolute atomic E-state index is 12.8. The molecule has 4 nitrogen and oxygen atoms in total. The van der Waals surface area contributed by atoms with Crippen molar-refractivity contribution < 1.29 is 4.79 Å². The van der Waals surface area contributed by atoms with Crippen molar-refractivity contribution in [1.29, 1.82) is 0 Å². The number of rotatable bonds is 3. The second-order valence-electron chi connectivity index (χ2n) is 6.70. The number of carbonyl (C=O) groups is 1. The first-order valence-corrected chi connectivity index (χ1v) is 9.61. The highest BCUT2D eigenvalue weighted by atomic mass is 35.5. The molecule has 24 heavy (non-hydrogen) atoms. The fourth-order valence-electron chi connectivity index (χ4n) is 3.82. The Labute approximate surface area is 150 Å². The molecule has 2 aliphatic rings. The third-order valence-electron chi connectivity index (χ3n) is 5.14. The van der Waals surface area contributed by atoms with Gasteiger partial charge in [0.05, 0.1) is 5.02 Å². The molecule has 4 rings (SSSR count). The van der Waals surface area contributed by atoms with E-state index >= 15 is 0 Å². The number of benzene rings is 1. The van der Waals surface area contributed by atoms with E-state index in [0.717, 1.165) is 23.4 Å². The van der Waals surface area contributed by atoms with Gasteiger partial charge < -0.3 is 10.2 Å². The maximum atomic E-state index is 12.8. The van der Waals surface area contributed by atoms with Crippen molar-refractivity contribution in [2.45, 2.75) is 43.8 Å². The lowest BCUT2D eigenvalue weighted by atomic mass is 9.98. The Morgan fingerprint density at radius 3 is 2.71 bits per heavy atom. The first-order valence-electron chi connectivity index (χ1n) is 8.35. The SMILES string of the molecule is CN(C(=O)c1csc(-c2ccccc2Cl)n1)C1CC2CCC(C1)N2. The highest BCUT2D eigenvalue weighted by Crippen LogP contribution is 2.32. The summed E-state index contributed by atoms with van der Waals surface area (Å²) in [7, 11) is 1.91. The molecular weight excluding hydrogens is 342 g/mol. The molecule has 2 aromatic rings. The molecule has 6 heteroatoms. The van der Waals surface area contributed by atoms with Gasteiger partial charge in [0.1, 0.15) is 10.7 Å². The van der Waals surface area contributed by atoms with Crippen LogP contribution in [-0.4, -0.2) is 41.0 Å². The predicted octanol–water partition coefficient (Wildman–Crippen LogP) is 3.82. The van der Waals surface area contributed by atoms with Crippen molar-refractivity contribution in [2.75, 3.05) is 7.05 Å². The van der Waals surface area contributed by atoms with E-state index in [1.807, 2.05) is 41.6 Å². The zero-order valence-corrected chi connectivity index (χ0v) is 15.1. The number of fused-ring (bicyclic) bond motifs is 2. The first kappa shape index (κ1) is 16.1. The summed E-state index contributed by atoms with van der Waals surface area (Å²) in [5, 5.41) is 6.92. The van der Waals surface area contributed by atoms with Gasteiger partial charge in [0.15, 0.2) is 0 Å². The van der Waals surface area contributed by atoms with Crippen molar-refractivity contribution in [1.82, 2.24) is 15.2 Å². The summed E-state index contributed by atoms with van der Waals surface area (Å²) < 4.78 is 0. The van der Waals surface area contributed by atoms with Crippen LogP contribution in [-0.2, 0) is 0 Å². The fraction of sp³-hybridized carbons (Fsp3) is 0.444. The van der Waals surface area contributed by atoms with Gasteiger partial charge in [0, 0.05) is 36.1 Å². The van der Waals surface area contributed by atoms with Crippen LogP contribution in [0.25, 0.3) is 10.6 Å². The van der Waals surface area contributed by atoms with Gasteiger partial charge in [-0.2, -0.15) is 0 Å². The third-order valence-corrected chi connectivity index (χ3v) is 6.35. The Bertz CT molecular complexity index is 750. The summed E-state index contributed by atoms with van der Waals surface area (Å²) in [4.78, 5) is 19.2. The molecule has 3 heterocycles. The number of thiazole rings is 1. The zero-order chi connectivity index (χ0) is 16.7. The maximum Gasteiger partial charge on any atom is 0.273 e. The molecule has 2 aliphatic heterocycles. The van der Waals surface area contributed by atoms with Crippen LogP contribution < -0.4 is 5.32 Å². The number of nitrogens with one attached hydrogen (secondary N) is 1. The third kappa shape index (κ3) is 2.96. The summed E-state index contributed by atoms with van der Waals surface area (Å²) in [6, 6.07) is 9.05. The van der Waals surface area contributed by atoms with Gasteiger partial charge in [-0.15, -0.1) is 11.3 Å². The molecule has 2 unspecified atom stereocenters. The second-order valence-corrected chi connectivity index (χ2v) is 7.96. The zero-order valence-electron chi connectivity index (χ0n) is 13.5. The van der Waals surface area contributed by atoms with E-state index in [-0.39, 0.29) is 5.91 Å². The van der Waals surface area contributed by atoms with Crippen molar-refractivity contribution in [3.8, 4) is 10.6 Å². The topological polar surface area (TPSA) is 45.2 Å². The van der Waals surface area contributed by atoms with Crippen LogP contribution >= 0.6 is 22.9 Å². The van der Waals surface area contributed by atoms with Crippen LogP contribution in [0.15, 0.2) is 29.6 Å². The lowest BCUT2D eigenvalue weighted by Crippen LogP contribution is -2.48. The smallest absolute Gasteiger partial charge is 0.273 e. The van der Waals surface area contributed by atoms with Crippen molar-refractivity contribution >= 4 is 28.8 Å². The lowest BCUT2D eigenvalue weighted by molar-refractivity contribution is 0.0676. The van der Waals surface area contributed by atoms with E-state index in [1.54, 1.807) is 0 Å². The van der Waals surface area contributed by atoms with Gasteiger partial charge in [-0.1, -0.05) is 29.8 Å². The van der Waals surface area contributed by atoms with Crippen LogP contribution in [0.1, 0.15) is 36.2 Å². The number of hydrogen-bond donors (Lipinski definition) is 1. The number of aromatic nitrogens is 1. The molecule has 0 saturated carbocycles. The standard InChI is InChI=1S/C18H20ClN3OS/c1-22(13-8-11-6-7-12(9-13)20-11)18(23)16-10-24-17(21-16)14-4-2-3-5-15(14)19/h2-5,10-13,20H,6-9H2,1H3. The van der Waals surface area contributed by atoms with Crippen molar-refractivity contribution in [3.63, 3.8) is 0 Å². The molecule has 2 fully saturated rings. The molecule has 0 spiro atoms. The molecule has 126 valence electrons. The minimum absolute atomic E-state index is 0.0100. The summed E-state index contributed by atoms with van der Waals surface area (Å²) >= 11 is 7.70. The van der Waals surface area contributed by atoms with E-state index in [4.69, 9.17) is 11.6 Å². The number of carbonyl (C=O) groups excluding carboxylic acids is 1. The normalized spacial score (nSPS) is 25.7. The van der Waals surface area contributed by atoms with E-state index in [9.17, 15) is 4.79 Å². The Balaban J connectivity index is 1.52. The van der Waals surface area contributed by atoms with Gasteiger partial charge in [0.2, 0.25) is 0 Å². The van der Waals surface area contributed by atoms with Crippen LogP contribution in [0.3, 0.4) is 0 Å². The Hall–Kier alpha value is -1.43. The quantitative estimate of drug-likeness (QED) is 0.903. The van der Waals surface area contributed by atoms with Gasteiger partial charge >= 0.3 is 0 Å². The summed E-state index contributed by atoms with van der Waals surface area (Å²) in [5.74, 6) is 0.0100. The molecule has 1 aromatic carbocycles. The summed E-state index contributed by atoms with van der Waals surface area (Å²) in [5.41, 5.74) is 1.40. The minimum atomic E-state index is 0.0100. The van der Waals surface area contributed by atoms with E-state index < -0.39 is 0 Å². The highest BCUT2D eigenvalue weighted by molar-refractivity contribution is 7.13. The number of amides is 1. The Morgan fingerprint density at radius 1 is 1.29 bits per heavy atom. The molecule has 1 aromatic heterocycles. The minimum Gasteiger partial charge on any atom is -0.337 e. The molecule has 2 atom stereocenters. The van der Waals surface area contributed by atoms with Crippen LogP contribution in [0, 0.1) is 0 Å². The van der Waals surface area contributed by atoms with E-state index in [0.29, 0.717) is 28.8 Å². The average molecular weight is 362 g/mol. The number of halogens is 1. The van der Waals surface area contributed by atoms with Crippen molar-refractivity contribution in [3.05, 3.63) is 40.4 Å². The molecule has 2 bridgehead atoms. The number of hydrogen-bond acceptors (Lipinski definition) is 4. The monoisotopic (exact) mass is 361 g/mol. The number of piperidine rings is 1. The van der Waals surface area contributed by atoms with Gasteiger partial charge in [-0.05, 0) is 31.7 Å². The Morgan fingerprint density at radius 2 is 2.00 bits per heavy atom. The molecule has 1 N–H and O–H groups in total. The van der Waals surface area contributed by atoms with Crippen molar-refractivity contribution in [2.24, 2.45) is 0 Å². The van der Waals surface area contributed by atoms with Crippen LogP contribution in [0.4, 0.5) is 0 Å². The average Bonchev–Trinajstić information content (AvgIpc) is 3.20. The molecule has 0 aliphatic carbocycles. The molecule has 1 amide bonds. The van der Waals surface area contributed by atoms with Crippen LogP contribution in [0.5, 0.6) is 0 Å². The fourth-order valence-corrected chi connectivity index (χ4v) is 4.93. The Kier molecular flexibility index (Phi) is 4.33. The second kappa shape index (κ2) is 6.47. The molecular formula is C18H20ClN3OS. The molecule has 0 radical (unpaired) electrons. The summed E-state index contributed by atoms with van der Waals surface area (Å²) in [6.45, 7) is 0. The lowest BCUT2D eigenvalue weighted by Gasteiger charge is -2.35. The summed E-state index contributed by atoms with van der Waals surface area (Å²) in [6.07, 6.45) is 4.55. The first-order chi connectivity index (χ1) is 11.6.